The number of carboxylic acid groups (broad SMARTS) is 1. The Morgan fingerprint density at radius 1 is 1.00 bits per heavy atom. The Morgan fingerprint density at radius 2 is 1.80 bits per heavy atom. The SMILES string of the molecule is C1CC1.O=C(O)Nc1nc2cccc(-c3ccc(CNc4ccccn4)cc3)n2n1. The molecule has 8 heteroatoms. The van der Waals surface area contributed by atoms with E-state index in [1.54, 1.807) is 16.8 Å². The minimum absolute atomic E-state index is 0.0473. The molecule has 5 rings (SSSR count). The van der Waals surface area contributed by atoms with Gasteiger partial charge in [0.25, 0.3) is 5.95 Å². The zero-order valence-corrected chi connectivity index (χ0v) is 16.3. The quantitative estimate of drug-likeness (QED) is 0.448. The maximum Gasteiger partial charge on any atom is 0.411 e. The van der Waals surface area contributed by atoms with Gasteiger partial charge in [0.2, 0.25) is 0 Å². The second-order valence-electron chi connectivity index (χ2n) is 6.87. The summed E-state index contributed by atoms with van der Waals surface area (Å²) < 4.78 is 1.62. The zero-order valence-electron chi connectivity index (χ0n) is 16.3. The van der Waals surface area contributed by atoms with Gasteiger partial charge in [-0.25, -0.2) is 14.3 Å². The summed E-state index contributed by atoms with van der Waals surface area (Å²) in [4.78, 5) is 19.2. The molecule has 0 radical (unpaired) electrons. The lowest BCUT2D eigenvalue weighted by Crippen LogP contribution is -2.08. The lowest BCUT2D eigenvalue weighted by molar-refractivity contribution is 0.209. The van der Waals surface area contributed by atoms with Gasteiger partial charge in [-0.05, 0) is 29.8 Å². The van der Waals surface area contributed by atoms with Gasteiger partial charge in [0.05, 0.1) is 5.69 Å². The summed E-state index contributed by atoms with van der Waals surface area (Å²) in [5, 5.41) is 18.5. The molecule has 4 aromatic rings. The van der Waals surface area contributed by atoms with Crippen molar-refractivity contribution in [2.75, 3.05) is 10.6 Å². The highest BCUT2D eigenvalue weighted by molar-refractivity contribution is 5.80. The predicted molar refractivity (Wildman–Crippen MR) is 115 cm³/mol. The van der Waals surface area contributed by atoms with Crippen LogP contribution in [0.4, 0.5) is 16.6 Å². The highest BCUT2D eigenvalue weighted by Crippen LogP contribution is 2.22. The summed E-state index contributed by atoms with van der Waals surface area (Å²) in [6.07, 6.45) is 5.05. The Hall–Kier alpha value is -3.94. The minimum atomic E-state index is -1.20. The Bertz CT molecular complexity index is 1120. The average Bonchev–Trinajstić information content (AvgIpc) is 3.59. The smallest absolute Gasteiger partial charge is 0.411 e. The first-order valence-electron chi connectivity index (χ1n) is 9.79. The number of fused-ring (bicyclic) bond motifs is 1. The molecule has 1 aliphatic carbocycles. The third kappa shape index (κ3) is 5.11. The number of hydrogen-bond donors (Lipinski definition) is 3. The van der Waals surface area contributed by atoms with Crippen molar-refractivity contribution < 1.29 is 9.90 Å². The first-order chi connectivity index (χ1) is 14.7. The molecule has 1 saturated carbocycles. The molecule has 3 aromatic heterocycles. The number of hydrogen-bond acceptors (Lipinski definition) is 5. The van der Waals surface area contributed by atoms with Gasteiger partial charge in [-0.15, -0.1) is 5.10 Å². The number of anilines is 2. The molecule has 0 atom stereocenters. The molecule has 3 heterocycles. The van der Waals surface area contributed by atoms with Gasteiger partial charge >= 0.3 is 6.09 Å². The molecule has 30 heavy (non-hydrogen) atoms. The third-order valence-corrected chi connectivity index (χ3v) is 4.32. The molecule has 0 unspecified atom stereocenters. The van der Waals surface area contributed by atoms with Crippen LogP contribution >= 0.6 is 0 Å². The predicted octanol–water partition coefficient (Wildman–Crippen LogP) is 4.66. The molecule has 1 aliphatic rings. The number of nitrogens with zero attached hydrogens (tertiary/aromatic N) is 4. The number of aromatic nitrogens is 4. The van der Waals surface area contributed by atoms with Crippen LogP contribution in [0, 0.1) is 0 Å². The standard InChI is InChI=1S/C19H16N6O2.C3H6/c26-19(27)23-18-22-17-6-3-4-15(25(17)24-18)14-9-7-13(8-10-14)12-21-16-5-1-2-11-20-16;1-2-3-1/h1-11H,12H2,(H,20,21)(H,23,24)(H,26,27);1-3H2. The Morgan fingerprint density at radius 3 is 2.47 bits per heavy atom. The lowest BCUT2D eigenvalue weighted by Gasteiger charge is -2.08. The van der Waals surface area contributed by atoms with Crippen LogP contribution in [0.5, 0.6) is 0 Å². The van der Waals surface area contributed by atoms with Crippen molar-refractivity contribution in [2.45, 2.75) is 25.8 Å². The largest absolute Gasteiger partial charge is 0.465 e. The normalized spacial score (nSPS) is 12.0. The van der Waals surface area contributed by atoms with E-state index < -0.39 is 6.09 Å². The van der Waals surface area contributed by atoms with E-state index in [4.69, 9.17) is 5.11 Å². The van der Waals surface area contributed by atoms with E-state index in [2.05, 4.69) is 25.7 Å². The monoisotopic (exact) mass is 402 g/mol. The van der Waals surface area contributed by atoms with E-state index >= 15 is 0 Å². The summed E-state index contributed by atoms with van der Waals surface area (Å²) in [5.74, 6) is 0.874. The van der Waals surface area contributed by atoms with Crippen LogP contribution in [0.2, 0.25) is 0 Å². The number of nitrogens with one attached hydrogen (secondary N) is 2. The fraction of sp³-hybridized carbons (Fsp3) is 0.182. The molecule has 0 spiro atoms. The molecular formula is C22H22N6O2. The first kappa shape index (κ1) is 19.4. The molecule has 0 saturated heterocycles. The lowest BCUT2D eigenvalue weighted by atomic mass is 10.1. The van der Waals surface area contributed by atoms with Crippen LogP contribution in [-0.2, 0) is 6.54 Å². The Kier molecular flexibility index (Phi) is 5.84. The minimum Gasteiger partial charge on any atom is -0.465 e. The summed E-state index contributed by atoms with van der Waals surface area (Å²) in [7, 11) is 0. The molecule has 0 bridgehead atoms. The summed E-state index contributed by atoms with van der Waals surface area (Å²) >= 11 is 0. The molecule has 1 amide bonds. The number of amides is 1. The Labute approximate surface area is 173 Å². The number of rotatable bonds is 5. The van der Waals surface area contributed by atoms with Crippen LogP contribution < -0.4 is 10.6 Å². The van der Waals surface area contributed by atoms with Gasteiger partial charge in [-0.2, -0.15) is 4.98 Å². The maximum atomic E-state index is 10.8. The summed E-state index contributed by atoms with van der Waals surface area (Å²) in [5.41, 5.74) is 3.46. The van der Waals surface area contributed by atoms with Gasteiger partial charge in [0.15, 0.2) is 5.65 Å². The van der Waals surface area contributed by atoms with Crippen molar-refractivity contribution in [3.63, 3.8) is 0 Å². The number of carbonyl (C=O) groups is 1. The second-order valence-corrected chi connectivity index (χ2v) is 6.87. The fourth-order valence-corrected chi connectivity index (χ4v) is 2.73. The van der Waals surface area contributed by atoms with E-state index in [1.165, 1.54) is 19.3 Å². The van der Waals surface area contributed by atoms with Gasteiger partial charge in [0, 0.05) is 18.3 Å². The maximum absolute atomic E-state index is 10.8. The summed E-state index contributed by atoms with van der Waals surface area (Å²) in [6.45, 7) is 0.664. The summed E-state index contributed by atoms with van der Waals surface area (Å²) in [6, 6.07) is 19.3. The van der Waals surface area contributed by atoms with Gasteiger partial charge in [-0.1, -0.05) is 55.7 Å². The van der Waals surface area contributed by atoms with E-state index in [0.717, 1.165) is 22.6 Å². The topological polar surface area (TPSA) is 104 Å². The fourth-order valence-electron chi connectivity index (χ4n) is 2.73. The van der Waals surface area contributed by atoms with Crippen molar-refractivity contribution in [1.82, 2.24) is 19.6 Å². The van der Waals surface area contributed by atoms with Crippen LogP contribution in [0.1, 0.15) is 24.8 Å². The van der Waals surface area contributed by atoms with Crippen molar-refractivity contribution in [1.29, 1.82) is 0 Å². The highest BCUT2D eigenvalue weighted by Gasteiger charge is 2.10. The molecule has 8 nitrogen and oxygen atoms in total. The molecule has 1 aromatic carbocycles. The molecule has 1 fully saturated rings. The highest BCUT2D eigenvalue weighted by atomic mass is 16.4. The van der Waals surface area contributed by atoms with Crippen molar-refractivity contribution in [3.05, 3.63) is 72.4 Å². The molecule has 3 N–H and O–H groups in total. The van der Waals surface area contributed by atoms with Crippen molar-refractivity contribution in [3.8, 4) is 11.3 Å². The van der Waals surface area contributed by atoms with E-state index in [9.17, 15) is 4.79 Å². The van der Waals surface area contributed by atoms with Crippen LogP contribution in [0.25, 0.3) is 16.9 Å². The molecule has 152 valence electrons. The molecular weight excluding hydrogens is 380 g/mol. The van der Waals surface area contributed by atoms with Gasteiger partial charge in [-0.3, -0.25) is 5.32 Å². The third-order valence-electron chi connectivity index (χ3n) is 4.32. The van der Waals surface area contributed by atoms with Crippen molar-refractivity contribution >= 4 is 23.5 Å². The van der Waals surface area contributed by atoms with Gasteiger partial charge < -0.3 is 10.4 Å². The van der Waals surface area contributed by atoms with E-state index in [0.29, 0.717) is 12.2 Å². The van der Waals surface area contributed by atoms with Crippen LogP contribution in [0.15, 0.2) is 66.9 Å². The second kappa shape index (κ2) is 9.04. The average molecular weight is 402 g/mol. The van der Waals surface area contributed by atoms with Crippen LogP contribution in [-0.4, -0.2) is 30.8 Å². The number of pyridine rings is 2. The van der Waals surface area contributed by atoms with Gasteiger partial charge in [0.1, 0.15) is 5.82 Å². The zero-order chi connectivity index (χ0) is 20.8. The Balaban J connectivity index is 0.000000667. The first-order valence-corrected chi connectivity index (χ1v) is 9.79. The van der Waals surface area contributed by atoms with Crippen LogP contribution in [0.3, 0.4) is 0 Å². The van der Waals surface area contributed by atoms with E-state index in [1.807, 2.05) is 54.6 Å². The van der Waals surface area contributed by atoms with E-state index in [-0.39, 0.29) is 5.95 Å². The molecule has 0 aliphatic heterocycles. The number of benzene rings is 1. The van der Waals surface area contributed by atoms with Crippen molar-refractivity contribution in [2.24, 2.45) is 0 Å².